The summed E-state index contributed by atoms with van der Waals surface area (Å²) in [6.45, 7) is 3.55. The average Bonchev–Trinajstić information content (AvgIpc) is 2.80. The van der Waals surface area contributed by atoms with E-state index in [1.54, 1.807) is 24.4 Å². The lowest BCUT2D eigenvalue weighted by molar-refractivity contribution is 0.414. The molecule has 1 aromatic heterocycles. The number of benzene rings is 2. The minimum absolute atomic E-state index is 0.171. The first kappa shape index (κ1) is 20.0. The van der Waals surface area contributed by atoms with Gasteiger partial charge >= 0.3 is 0 Å². The highest BCUT2D eigenvalue weighted by atomic mass is 32.2. The molecule has 8 heteroatoms. The summed E-state index contributed by atoms with van der Waals surface area (Å²) in [5, 5.41) is 0. The standard InChI is InChI=1S/C22H24N4O3S/c1-29-20-8-10-21(11-9-20)30(27,28)24-18-7-12-22(23-17-18)26-15-13-25(14-16-26)19-5-3-2-4-6-19/h2-12,17,24H,13-16H2,1H3. The Hall–Kier alpha value is -3.26. The number of aromatic nitrogens is 1. The second-order valence-corrected chi connectivity index (χ2v) is 8.68. The van der Waals surface area contributed by atoms with E-state index in [0.29, 0.717) is 11.4 Å². The van der Waals surface area contributed by atoms with Crippen molar-refractivity contribution in [3.05, 3.63) is 72.9 Å². The third-order valence-electron chi connectivity index (χ3n) is 5.09. The summed E-state index contributed by atoms with van der Waals surface area (Å²) in [4.78, 5) is 9.20. The van der Waals surface area contributed by atoms with Gasteiger partial charge in [0.2, 0.25) is 0 Å². The van der Waals surface area contributed by atoms with Crippen molar-refractivity contribution in [2.24, 2.45) is 0 Å². The molecule has 1 aliphatic rings. The molecule has 0 saturated carbocycles. The predicted octanol–water partition coefficient (Wildman–Crippen LogP) is 3.22. The summed E-state index contributed by atoms with van der Waals surface area (Å²) < 4.78 is 32.8. The molecule has 1 aliphatic heterocycles. The molecule has 0 radical (unpaired) electrons. The van der Waals surface area contributed by atoms with Crippen LogP contribution in [0.5, 0.6) is 5.75 Å². The van der Waals surface area contributed by atoms with Crippen LogP contribution in [0.3, 0.4) is 0 Å². The number of rotatable bonds is 6. The molecule has 0 bridgehead atoms. The number of hydrogen-bond donors (Lipinski definition) is 1. The zero-order valence-corrected chi connectivity index (χ0v) is 17.5. The number of hydrogen-bond acceptors (Lipinski definition) is 6. The Morgan fingerprint density at radius 2 is 1.53 bits per heavy atom. The van der Waals surface area contributed by atoms with Crippen molar-refractivity contribution in [1.29, 1.82) is 0 Å². The Morgan fingerprint density at radius 1 is 0.867 bits per heavy atom. The van der Waals surface area contributed by atoms with Gasteiger partial charge in [0, 0.05) is 31.9 Å². The lowest BCUT2D eigenvalue weighted by Gasteiger charge is -2.36. The molecule has 1 N–H and O–H groups in total. The van der Waals surface area contributed by atoms with E-state index in [2.05, 4.69) is 43.8 Å². The van der Waals surface area contributed by atoms with E-state index in [9.17, 15) is 8.42 Å². The van der Waals surface area contributed by atoms with Gasteiger partial charge in [0.25, 0.3) is 10.0 Å². The molecule has 0 amide bonds. The normalized spacial score (nSPS) is 14.4. The number of pyridine rings is 1. The van der Waals surface area contributed by atoms with E-state index >= 15 is 0 Å². The third-order valence-corrected chi connectivity index (χ3v) is 6.49. The fraction of sp³-hybridized carbons (Fsp3) is 0.227. The Balaban J connectivity index is 1.38. The predicted molar refractivity (Wildman–Crippen MR) is 119 cm³/mol. The highest BCUT2D eigenvalue weighted by Gasteiger charge is 2.19. The van der Waals surface area contributed by atoms with Crippen molar-refractivity contribution in [2.45, 2.75) is 4.90 Å². The van der Waals surface area contributed by atoms with Crippen molar-refractivity contribution < 1.29 is 13.2 Å². The monoisotopic (exact) mass is 424 g/mol. The first-order valence-corrected chi connectivity index (χ1v) is 11.2. The van der Waals surface area contributed by atoms with E-state index in [0.717, 1.165) is 32.0 Å². The minimum atomic E-state index is -3.68. The van der Waals surface area contributed by atoms with Gasteiger partial charge in [-0.15, -0.1) is 0 Å². The second-order valence-electron chi connectivity index (χ2n) is 7.00. The molecule has 0 spiro atoms. The SMILES string of the molecule is COc1ccc(S(=O)(=O)Nc2ccc(N3CCN(c4ccccc4)CC3)nc2)cc1. The molecule has 30 heavy (non-hydrogen) atoms. The summed E-state index contributed by atoms with van der Waals surface area (Å²) in [5.74, 6) is 1.45. The zero-order valence-electron chi connectivity index (χ0n) is 16.7. The minimum Gasteiger partial charge on any atom is -0.497 e. The molecule has 0 unspecified atom stereocenters. The van der Waals surface area contributed by atoms with Crippen LogP contribution in [0.25, 0.3) is 0 Å². The van der Waals surface area contributed by atoms with E-state index in [-0.39, 0.29) is 4.90 Å². The first-order chi connectivity index (χ1) is 14.5. The fourth-order valence-electron chi connectivity index (χ4n) is 3.44. The Kier molecular flexibility index (Phi) is 5.76. The highest BCUT2D eigenvalue weighted by Crippen LogP contribution is 2.22. The summed E-state index contributed by atoms with van der Waals surface area (Å²) in [6, 6.07) is 20.2. The van der Waals surface area contributed by atoms with Crippen molar-refractivity contribution >= 4 is 27.2 Å². The van der Waals surface area contributed by atoms with Gasteiger partial charge in [-0.3, -0.25) is 4.72 Å². The molecule has 156 valence electrons. The molecule has 2 heterocycles. The maximum absolute atomic E-state index is 12.6. The van der Waals surface area contributed by atoms with Gasteiger partial charge < -0.3 is 14.5 Å². The van der Waals surface area contributed by atoms with Gasteiger partial charge in [0.05, 0.1) is 23.9 Å². The Labute approximate surface area is 177 Å². The average molecular weight is 425 g/mol. The molecule has 0 atom stereocenters. The number of para-hydroxylation sites is 1. The molecular formula is C22H24N4O3S. The lowest BCUT2D eigenvalue weighted by Crippen LogP contribution is -2.46. The van der Waals surface area contributed by atoms with Gasteiger partial charge in [-0.05, 0) is 48.5 Å². The van der Waals surface area contributed by atoms with E-state index in [4.69, 9.17) is 4.74 Å². The van der Waals surface area contributed by atoms with Crippen molar-refractivity contribution in [3.63, 3.8) is 0 Å². The van der Waals surface area contributed by atoms with E-state index in [1.807, 2.05) is 12.1 Å². The quantitative estimate of drug-likeness (QED) is 0.655. The largest absolute Gasteiger partial charge is 0.497 e. The van der Waals surface area contributed by atoms with Gasteiger partial charge in [-0.2, -0.15) is 0 Å². The summed E-state index contributed by atoms with van der Waals surface area (Å²) in [6.07, 6.45) is 1.56. The number of piperazine rings is 1. The Bertz CT molecular complexity index is 1060. The zero-order chi connectivity index (χ0) is 21.0. The highest BCUT2D eigenvalue weighted by molar-refractivity contribution is 7.92. The fourth-order valence-corrected chi connectivity index (χ4v) is 4.48. The molecule has 7 nitrogen and oxygen atoms in total. The third kappa shape index (κ3) is 4.49. The van der Waals surface area contributed by atoms with Crippen LogP contribution in [-0.2, 0) is 10.0 Å². The van der Waals surface area contributed by atoms with Crippen molar-refractivity contribution in [3.8, 4) is 5.75 Å². The molecule has 4 rings (SSSR count). The summed E-state index contributed by atoms with van der Waals surface area (Å²) >= 11 is 0. The number of ether oxygens (including phenoxy) is 1. The number of anilines is 3. The molecule has 1 saturated heterocycles. The number of nitrogens with one attached hydrogen (secondary N) is 1. The maximum atomic E-state index is 12.6. The molecule has 3 aromatic rings. The van der Waals surface area contributed by atoms with Gasteiger partial charge in [0.1, 0.15) is 11.6 Å². The number of sulfonamides is 1. The van der Waals surface area contributed by atoms with Crippen LogP contribution in [0.1, 0.15) is 0 Å². The van der Waals surface area contributed by atoms with Crippen LogP contribution in [0.4, 0.5) is 17.2 Å². The number of nitrogens with zero attached hydrogens (tertiary/aromatic N) is 3. The van der Waals surface area contributed by atoms with Crippen LogP contribution >= 0.6 is 0 Å². The van der Waals surface area contributed by atoms with Crippen LogP contribution in [0.15, 0.2) is 77.8 Å². The topological polar surface area (TPSA) is 74.8 Å². The van der Waals surface area contributed by atoms with Crippen LogP contribution in [-0.4, -0.2) is 46.7 Å². The van der Waals surface area contributed by atoms with E-state index < -0.39 is 10.0 Å². The van der Waals surface area contributed by atoms with Crippen LogP contribution in [0.2, 0.25) is 0 Å². The molecule has 1 fully saturated rings. The molecular weight excluding hydrogens is 400 g/mol. The number of methoxy groups -OCH3 is 1. The van der Waals surface area contributed by atoms with Crippen molar-refractivity contribution in [2.75, 3.05) is 47.8 Å². The van der Waals surface area contributed by atoms with Gasteiger partial charge in [-0.1, -0.05) is 18.2 Å². The Morgan fingerprint density at radius 3 is 2.13 bits per heavy atom. The van der Waals surface area contributed by atoms with Crippen molar-refractivity contribution in [1.82, 2.24) is 4.98 Å². The van der Waals surface area contributed by atoms with E-state index in [1.165, 1.54) is 24.9 Å². The molecule has 0 aliphatic carbocycles. The smallest absolute Gasteiger partial charge is 0.261 e. The summed E-state index contributed by atoms with van der Waals surface area (Å²) in [7, 11) is -2.14. The molecule has 2 aromatic carbocycles. The van der Waals surface area contributed by atoms with Gasteiger partial charge in [-0.25, -0.2) is 13.4 Å². The lowest BCUT2D eigenvalue weighted by atomic mass is 10.2. The maximum Gasteiger partial charge on any atom is 0.261 e. The van der Waals surface area contributed by atoms with Crippen LogP contribution < -0.4 is 19.3 Å². The second kappa shape index (κ2) is 8.62. The van der Waals surface area contributed by atoms with Crippen LogP contribution in [0, 0.1) is 0 Å². The summed E-state index contributed by atoms with van der Waals surface area (Å²) in [5.41, 5.74) is 1.66. The van der Waals surface area contributed by atoms with Gasteiger partial charge in [0.15, 0.2) is 0 Å². The first-order valence-electron chi connectivity index (χ1n) is 9.73.